The molecule has 0 radical (unpaired) electrons. The quantitative estimate of drug-likeness (QED) is 0.529. The second kappa shape index (κ2) is 11.5. The molecular weight excluding hydrogens is 402 g/mol. The fourth-order valence-electron chi connectivity index (χ4n) is 3.32. The molecule has 30 heavy (non-hydrogen) atoms. The van der Waals surface area contributed by atoms with Crippen LogP contribution in [-0.4, -0.2) is 40.3 Å². The lowest BCUT2D eigenvalue weighted by Crippen LogP contribution is -2.31. The molecular formula is C23H29NO5S. The van der Waals surface area contributed by atoms with Gasteiger partial charge < -0.3 is 25.0 Å². The Hall–Kier alpha value is -1.90. The Balaban J connectivity index is 1.73. The minimum Gasteiger partial charge on any atom is -0.396 e. The fourth-order valence-corrected chi connectivity index (χ4v) is 4.09. The first kappa shape index (κ1) is 22.8. The number of aliphatic hydroxyl groups is 2. The van der Waals surface area contributed by atoms with Crippen LogP contribution < -0.4 is 5.32 Å². The Morgan fingerprint density at radius 1 is 1.03 bits per heavy atom. The number of benzene rings is 2. The van der Waals surface area contributed by atoms with Crippen LogP contribution in [0, 0.1) is 0 Å². The average Bonchev–Trinajstić information content (AvgIpc) is 2.78. The van der Waals surface area contributed by atoms with Crippen molar-refractivity contribution in [1.29, 1.82) is 0 Å². The molecule has 0 bridgehead atoms. The van der Waals surface area contributed by atoms with Crippen molar-refractivity contribution in [3.8, 4) is 0 Å². The van der Waals surface area contributed by atoms with Gasteiger partial charge >= 0.3 is 0 Å². The van der Waals surface area contributed by atoms with Gasteiger partial charge in [-0.25, -0.2) is 0 Å². The Kier molecular flexibility index (Phi) is 8.72. The maximum absolute atomic E-state index is 11.1. The first-order chi connectivity index (χ1) is 14.6. The smallest absolute Gasteiger partial charge is 0.217 e. The lowest BCUT2D eigenvalue weighted by Gasteiger charge is -2.36. The van der Waals surface area contributed by atoms with Crippen molar-refractivity contribution in [2.75, 3.05) is 18.1 Å². The maximum Gasteiger partial charge on any atom is 0.217 e. The van der Waals surface area contributed by atoms with Crippen molar-refractivity contribution >= 4 is 17.7 Å². The summed E-state index contributed by atoms with van der Waals surface area (Å²) in [4.78, 5) is 11.1. The van der Waals surface area contributed by atoms with Crippen LogP contribution in [0.5, 0.6) is 0 Å². The minimum absolute atomic E-state index is 0.00174. The highest BCUT2D eigenvalue weighted by atomic mass is 32.2. The summed E-state index contributed by atoms with van der Waals surface area (Å²) >= 11 is 1.67. The van der Waals surface area contributed by atoms with Gasteiger partial charge in [0.05, 0.1) is 25.4 Å². The summed E-state index contributed by atoms with van der Waals surface area (Å²) in [6.07, 6.45) is 0.126. The summed E-state index contributed by atoms with van der Waals surface area (Å²) in [5, 5.41) is 21.2. The molecule has 1 heterocycles. The van der Waals surface area contributed by atoms with Crippen LogP contribution in [0.15, 0.2) is 48.5 Å². The lowest BCUT2D eigenvalue weighted by molar-refractivity contribution is -0.245. The fraction of sp³-hybridized carbons (Fsp3) is 0.435. The summed E-state index contributed by atoms with van der Waals surface area (Å²) in [7, 11) is 0. The van der Waals surface area contributed by atoms with Crippen LogP contribution in [0.25, 0.3) is 0 Å². The number of thioether (sulfide) groups is 1. The van der Waals surface area contributed by atoms with Gasteiger partial charge in [-0.1, -0.05) is 48.5 Å². The van der Waals surface area contributed by atoms with E-state index in [1.165, 1.54) is 6.92 Å². The average molecular weight is 432 g/mol. The van der Waals surface area contributed by atoms with Gasteiger partial charge in [0.2, 0.25) is 5.91 Å². The van der Waals surface area contributed by atoms with Gasteiger partial charge in [-0.05, 0) is 16.7 Å². The van der Waals surface area contributed by atoms with Crippen LogP contribution >= 0.6 is 11.8 Å². The van der Waals surface area contributed by atoms with Gasteiger partial charge in [0.25, 0.3) is 0 Å². The summed E-state index contributed by atoms with van der Waals surface area (Å²) in [5.41, 5.74) is 3.86. The number of rotatable bonds is 9. The van der Waals surface area contributed by atoms with E-state index in [-0.39, 0.29) is 31.3 Å². The van der Waals surface area contributed by atoms with E-state index in [9.17, 15) is 9.90 Å². The van der Waals surface area contributed by atoms with E-state index in [0.717, 1.165) is 34.4 Å². The molecule has 1 aliphatic rings. The molecule has 1 amide bonds. The zero-order valence-electron chi connectivity index (χ0n) is 17.1. The van der Waals surface area contributed by atoms with Gasteiger partial charge in [-0.3, -0.25) is 4.79 Å². The Morgan fingerprint density at radius 3 is 2.33 bits per heavy atom. The SMILES string of the molecule is CC(=O)NCc1ccc([C@@H]2O[C@H](CSCCO)C[C@H](c3ccc(CO)cc3)O2)cc1. The normalized spacial score (nSPS) is 21.4. The number of amides is 1. The molecule has 162 valence electrons. The zero-order chi connectivity index (χ0) is 21.3. The monoisotopic (exact) mass is 431 g/mol. The Morgan fingerprint density at radius 2 is 1.70 bits per heavy atom. The topological polar surface area (TPSA) is 88.0 Å². The zero-order valence-corrected chi connectivity index (χ0v) is 17.9. The van der Waals surface area contributed by atoms with E-state index < -0.39 is 6.29 Å². The van der Waals surface area contributed by atoms with Crippen molar-refractivity contribution in [3.05, 3.63) is 70.8 Å². The molecule has 3 atom stereocenters. The lowest BCUT2D eigenvalue weighted by atomic mass is 10.0. The van der Waals surface area contributed by atoms with E-state index in [1.54, 1.807) is 11.8 Å². The second-order valence-corrected chi connectivity index (χ2v) is 8.45. The van der Waals surface area contributed by atoms with Crippen LogP contribution in [0.2, 0.25) is 0 Å². The highest BCUT2D eigenvalue weighted by Crippen LogP contribution is 2.38. The van der Waals surface area contributed by atoms with E-state index >= 15 is 0 Å². The number of ether oxygens (including phenoxy) is 2. The van der Waals surface area contributed by atoms with Crippen molar-refractivity contribution in [2.45, 2.75) is 45.0 Å². The molecule has 0 saturated carbocycles. The first-order valence-corrected chi connectivity index (χ1v) is 11.3. The Bertz CT molecular complexity index is 796. The van der Waals surface area contributed by atoms with Crippen LogP contribution in [-0.2, 0) is 27.4 Å². The first-order valence-electron chi connectivity index (χ1n) is 10.1. The van der Waals surface area contributed by atoms with E-state index in [4.69, 9.17) is 14.6 Å². The van der Waals surface area contributed by atoms with Gasteiger partial charge in [-0.15, -0.1) is 0 Å². The summed E-state index contributed by atoms with van der Waals surface area (Å²) in [6, 6.07) is 15.7. The minimum atomic E-state index is -0.490. The number of hydrogen-bond donors (Lipinski definition) is 3. The molecule has 2 aromatic rings. The van der Waals surface area contributed by atoms with E-state index in [2.05, 4.69) is 5.32 Å². The van der Waals surface area contributed by atoms with Gasteiger partial charge in [0, 0.05) is 37.0 Å². The van der Waals surface area contributed by atoms with E-state index in [0.29, 0.717) is 12.3 Å². The maximum atomic E-state index is 11.1. The second-order valence-electron chi connectivity index (χ2n) is 7.30. The molecule has 0 unspecified atom stereocenters. The largest absolute Gasteiger partial charge is 0.396 e. The standard InChI is InChI=1S/C23H29NO5S/c1-16(27)24-13-17-2-8-20(9-3-17)23-28-21(15-30-11-10-25)12-22(29-23)19-6-4-18(14-26)5-7-19/h2-9,21-23,25-26H,10-15H2,1H3,(H,24,27)/t21-,22+,23+/m0/s1. The van der Waals surface area contributed by atoms with Crippen molar-refractivity contribution in [1.82, 2.24) is 5.32 Å². The van der Waals surface area contributed by atoms with Gasteiger partial charge in [-0.2, -0.15) is 11.8 Å². The third kappa shape index (κ3) is 6.55. The third-order valence-corrected chi connectivity index (χ3v) is 6.03. The molecule has 1 fully saturated rings. The summed E-state index contributed by atoms with van der Waals surface area (Å²) < 4.78 is 12.5. The van der Waals surface area contributed by atoms with Crippen molar-refractivity contribution in [2.24, 2.45) is 0 Å². The number of carbonyl (C=O) groups excluding carboxylic acids is 1. The molecule has 0 aromatic heterocycles. The molecule has 7 heteroatoms. The molecule has 3 N–H and O–H groups in total. The van der Waals surface area contributed by atoms with E-state index in [1.807, 2.05) is 48.5 Å². The summed E-state index contributed by atoms with van der Waals surface area (Å²) in [6.45, 7) is 2.16. The molecule has 3 rings (SSSR count). The van der Waals surface area contributed by atoms with Crippen LogP contribution in [0.1, 0.15) is 48.0 Å². The molecule has 2 aromatic carbocycles. The molecule has 0 spiro atoms. The highest BCUT2D eigenvalue weighted by molar-refractivity contribution is 7.99. The van der Waals surface area contributed by atoms with Crippen molar-refractivity contribution < 1.29 is 24.5 Å². The van der Waals surface area contributed by atoms with Crippen molar-refractivity contribution in [3.63, 3.8) is 0 Å². The van der Waals surface area contributed by atoms with Gasteiger partial charge in [0.1, 0.15) is 0 Å². The predicted octanol–water partition coefficient (Wildman–Crippen LogP) is 3.09. The Labute approximate surface area is 181 Å². The molecule has 1 saturated heterocycles. The highest BCUT2D eigenvalue weighted by Gasteiger charge is 2.32. The number of aliphatic hydroxyl groups excluding tert-OH is 2. The molecule has 6 nitrogen and oxygen atoms in total. The predicted molar refractivity (Wildman–Crippen MR) is 117 cm³/mol. The van der Waals surface area contributed by atoms with Gasteiger partial charge in [0.15, 0.2) is 6.29 Å². The number of hydrogen-bond acceptors (Lipinski definition) is 6. The molecule has 0 aliphatic carbocycles. The molecule has 1 aliphatic heterocycles. The number of nitrogens with one attached hydrogen (secondary N) is 1. The van der Waals surface area contributed by atoms with Crippen LogP contribution in [0.4, 0.5) is 0 Å². The summed E-state index contributed by atoms with van der Waals surface area (Å²) in [5.74, 6) is 1.40. The van der Waals surface area contributed by atoms with Crippen LogP contribution in [0.3, 0.4) is 0 Å². The third-order valence-electron chi connectivity index (χ3n) is 4.95. The number of carbonyl (C=O) groups is 1.